The first kappa shape index (κ1) is 20.2. The molecule has 0 unspecified atom stereocenters. The Bertz CT molecular complexity index is 1830. The number of thiophene rings is 2. The van der Waals surface area contributed by atoms with Gasteiger partial charge in [0.05, 0.1) is 9.75 Å². The molecule has 6 heteroatoms. The van der Waals surface area contributed by atoms with Gasteiger partial charge in [-0.3, -0.25) is 0 Å². The normalized spacial score (nSPS) is 12.2. The molecular weight excluding hydrogens is 488 g/mol. The smallest absolute Gasteiger partial charge is 0.170 e. The third-order valence-corrected chi connectivity index (χ3v) is 8.55. The molecule has 0 atom stereocenters. The second kappa shape index (κ2) is 7.26. The molecule has 0 saturated carbocycles. The van der Waals surface area contributed by atoms with Gasteiger partial charge in [-0.25, -0.2) is 0 Å². The van der Waals surface area contributed by atoms with Crippen molar-refractivity contribution in [3.63, 3.8) is 0 Å². The van der Waals surface area contributed by atoms with Crippen molar-refractivity contribution in [1.82, 2.24) is 0 Å². The maximum atomic E-state index is 6.20. The van der Waals surface area contributed by atoms with E-state index in [9.17, 15) is 0 Å². The minimum atomic E-state index is 0.689. The Hall–Kier alpha value is -4.00. The lowest BCUT2D eigenvalue weighted by molar-refractivity contribution is 0.567. The first-order valence-corrected chi connectivity index (χ1v) is 13.3. The number of rotatable bonds is 3. The molecule has 36 heavy (non-hydrogen) atoms. The van der Waals surface area contributed by atoms with Gasteiger partial charge in [0.1, 0.15) is 33.9 Å². The van der Waals surface area contributed by atoms with E-state index in [0.29, 0.717) is 11.5 Å². The lowest BCUT2D eigenvalue weighted by Gasteiger charge is -1.90. The molecule has 6 aromatic heterocycles. The number of hydrogen-bond acceptors (Lipinski definition) is 6. The molecule has 6 heterocycles. The third-order valence-electron chi connectivity index (χ3n) is 6.52. The van der Waals surface area contributed by atoms with Gasteiger partial charge in [0.25, 0.3) is 0 Å². The largest absolute Gasteiger partial charge is 0.455 e. The molecule has 0 radical (unpaired) electrons. The van der Waals surface area contributed by atoms with Crippen LogP contribution in [0.5, 0.6) is 0 Å². The maximum absolute atomic E-state index is 6.20. The van der Waals surface area contributed by atoms with E-state index in [2.05, 4.69) is 62.4 Å². The van der Waals surface area contributed by atoms with Crippen LogP contribution in [0, 0.1) is 13.8 Å². The van der Waals surface area contributed by atoms with Crippen molar-refractivity contribution in [2.24, 2.45) is 0 Å². The zero-order chi connectivity index (χ0) is 24.0. The summed E-state index contributed by atoms with van der Waals surface area (Å²) in [4.78, 5) is 4.79. The molecule has 0 amide bonds. The van der Waals surface area contributed by atoms with Gasteiger partial charge in [-0.1, -0.05) is 0 Å². The number of benzene rings is 2. The van der Waals surface area contributed by atoms with Gasteiger partial charge < -0.3 is 17.7 Å². The van der Waals surface area contributed by atoms with Crippen LogP contribution in [0.15, 0.2) is 90.5 Å². The third kappa shape index (κ3) is 3.11. The van der Waals surface area contributed by atoms with Crippen LogP contribution in [0.2, 0.25) is 0 Å². The minimum absolute atomic E-state index is 0.689. The summed E-state index contributed by atoms with van der Waals surface area (Å²) in [6, 6.07) is 24.8. The number of furan rings is 4. The quantitative estimate of drug-likeness (QED) is 0.239. The van der Waals surface area contributed by atoms with Crippen molar-refractivity contribution >= 4 is 66.6 Å². The molecule has 0 bridgehead atoms. The lowest BCUT2D eigenvalue weighted by atomic mass is 10.1. The van der Waals surface area contributed by atoms with Crippen molar-refractivity contribution in [3.05, 3.63) is 82.6 Å². The number of hydrogen-bond donors (Lipinski definition) is 0. The summed E-state index contributed by atoms with van der Waals surface area (Å²) in [6.45, 7) is 4.20. The van der Waals surface area contributed by atoms with E-state index < -0.39 is 0 Å². The van der Waals surface area contributed by atoms with Gasteiger partial charge in [0.2, 0.25) is 0 Å². The predicted molar refractivity (Wildman–Crippen MR) is 147 cm³/mol. The molecule has 4 nitrogen and oxygen atoms in total. The van der Waals surface area contributed by atoms with Crippen molar-refractivity contribution in [1.29, 1.82) is 0 Å². The van der Waals surface area contributed by atoms with Crippen molar-refractivity contribution < 1.29 is 17.7 Å². The standard InChI is InChI=1S/C30H18O4S2/c1-15-3-5-29(35-15)27-11-19-7-17-9-25(31-21(17)13-23(19)33-27)26-10-18-8-20-12-28(30-6-4-16(2)36-30)34-24(20)14-22(18)32-26/h3-14H,1-2H3. The first-order valence-electron chi connectivity index (χ1n) is 11.6. The summed E-state index contributed by atoms with van der Waals surface area (Å²) < 4.78 is 24.7. The highest BCUT2D eigenvalue weighted by molar-refractivity contribution is 7.15. The fraction of sp³-hybridized carbons (Fsp3) is 0.0667. The predicted octanol–water partition coefficient (Wildman–Crippen LogP) is 10.4. The Labute approximate surface area is 213 Å². The summed E-state index contributed by atoms with van der Waals surface area (Å²) >= 11 is 3.46. The Kier molecular flexibility index (Phi) is 4.08. The topological polar surface area (TPSA) is 52.6 Å². The molecule has 0 spiro atoms. The molecular formula is C30H18O4S2. The van der Waals surface area contributed by atoms with Crippen LogP contribution in [0.4, 0.5) is 0 Å². The number of aryl methyl sites for hydroxylation is 2. The second-order valence-electron chi connectivity index (χ2n) is 9.12. The van der Waals surface area contributed by atoms with Crippen molar-refractivity contribution in [3.8, 4) is 32.8 Å². The average molecular weight is 507 g/mol. The Balaban J connectivity index is 1.18. The summed E-state index contributed by atoms with van der Waals surface area (Å²) in [5.41, 5.74) is 3.16. The Morgan fingerprint density at radius 1 is 0.417 bits per heavy atom. The van der Waals surface area contributed by atoms with Gasteiger partial charge in [-0.2, -0.15) is 0 Å². The van der Waals surface area contributed by atoms with Crippen molar-refractivity contribution in [2.75, 3.05) is 0 Å². The van der Waals surface area contributed by atoms with E-state index in [1.807, 2.05) is 24.3 Å². The van der Waals surface area contributed by atoms with Crippen LogP contribution in [-0.2, 0) is 0 Å². The highest BCUT2D eigenvalue weighted by Crippen LogP contribution is 2.39. The Morgan fingerprint density at radius 2 is 0.778 bits per heavy atom. The van der Waals surface area contributed by atoms with Gasteiger partial charge in [0.15, 0.2) is 11.5 Å². The molecule has 2 aromatic carbocycles. The van der Waals surface area contributed by atoms with Crippen LogP contribution in [-0.4, -0.2) is 0 Å². The van der Waals surface area contributed by atoms with Gasteiger partial charge >= 0.3 is 0 Å². The fourth-order valence-electron chi connectivity index (χ4n) is 4.77. The molecule has 174 valence electrons. The van der Waals surface area contributed by atoms with E-state index in [-0.39, 0.29) is 0 Å². The second-order valence-corrected chi connectivity index (χ2v) is 11.7. The van der Waals surface area contributed by atoms with Crippen LogP contribution >= 0.6 is 22.7 Å². The van der Waals surface area contributed by atoms with E-state index >= 15 is 0 Å². The van der Waals surface area contributed by atoms with Gasteiger partial charge in [0, 0.05) is 43.4 Å². The van der Waals surface area contributed by atoms with Crippen LogP contribution in [0.1, 0.15) is 9.75 Å². The zero-order valence-corrected chi connectivity index (χ0v) is 21.0. The molecule has 0 saturated heterocycles. The monoisotopic (exact) mass is 506 g/mol. The highest BCUT2D eigenvalue weighted by Gasteiger charge is 2.17. The highest BCUT2D eigenvalue weighted by atomic mass is 32.1. The summed E-state index contributed by atoms with van der Waals surface area (Å²) in [7, 11) is 0. The van der Waals surface area contributed by atoms with Crippen LogP contribution < -0.4 is 0 Å². The molecule has 8 aromatic rings. The van der Waals surface area contributed by atoms with Crippen molar-refractivity contribution in [2.45, 2.75) is 13.8 Å². The van der Waals surface area contributed by atoms with Gasteiger partial charge in [-0.05, 0) is 74.5 Å². The first-order chi connectivity index (χ1) is 17.6. The summed E-state index contributed by atoms with van der Waals surface area (Å²) in [5.74, 6) is 3.15. The maximum Gasteiger partial charge on any atom is 0.170 e. The van der Waals surface area contributed by atoms with Gasteiger partial charge in [-0.15, -0.1) is 22.7 Å². The number of fused-ring (bicyclic) bond motifs is 4. The summed E-state index contributed by atoms with van der Waals surface area (Å²) in [6.07, 6.45) is 0. The van der Waals surface area contributed by atoms with Crippen LogP contribution in [0.25, 0.3) is 76.7 Å². The van der Waals surface area contributed by atoms with Crippen LogP contribution in [0.3, 0.4) is 0 Å². The molecule has 0 aliphatic rings. The van der Waals surface area contributed by atoms with E-state index in [1.54, 1.807) is 22.7 Å². The molecule has 0 aliphatic carbocycles. The lowest BCUT2D eigenvalue weighted by Crippen LogP contribution is -1.63. The molecule has 0 aliphatic heterocycles. The van der Waals surface area contributed by atoms with E-state index in [4.69, 9.17) is 17.7 Å². The summed E-state index contributed by atoms with van der Waals surface area (Å²) in [5, 5.41) is 4.13. The van der Waals surface area contributed by atoms with E-state index in [1.165, 1.54) is 9.75 Å². The molecule has 8 rings (SSSR count). The fourth-order valence-corrected chi connectivity index (χ4v) is 6.41. The Morgan fingerprint density at radius 3 is 1.14 bits per heavy atom. The SMILES string of the molecule is Cc1ccc(-c2cc3cc4cc(-c5cc6cc7cc(-c8ccc(C)s8)oc7cc6o5)oc4cc3o2)s1. The van der Waals surface area contributed by atoms with E-state index in [0.717, 1.165) is 65.2 Å². The average Bonchev–Trinajstić information content (AvgIpc) is 3.67. The zero-order valence-electron chi connectivity index (χ0n) is 19.4. The molecule has 0 fully saturated rings. The molecule has 0 N–H and O–H groups in total. The minimum Gasteiger partial charge on any atom is -0.455 e.